The predicted octanol–water partition coefficient (Wildman–Crippen LogP) is 6.47. The molecule has 0 fully saturated rings. The molecule has 0 saturated heterocycles. The van der Waals surface area contributed by atoms with Crippen molar-refractivity contribution in [1.29, 1.82) is 0 Å². The zero-order valence-corrected chi connectivity index (χ0v) is 14.9. The summed E-state index contributed by atoms with van der Waals surface area (Å²) in [5.41, 5.74) is 3.77. The third-order valence-corrected chi connectivity index (χ3v) is 4.21. The number of benzene rings is 3. The van der Waals surface area contributed by atoms with Crippen molar-refractivity contribution in [2.75, 3.05) is 10.6 Å². The van der Waals surface area contributed by atoms with E-state index in [1.165, 1.54) is 0 Å². The van der Waals surface area contributed by atoms with Crippen molar-refractivity contribution in [3.63, 3.8) is 0 Å². The number of nitrogens with one attached hydrogen (secondary N) is 2. The van der Waals surface area contributed by atoms with Crippen molar-refractivity contribution in [2.24, 2.45) is 0 Å². The Kier molecular flexibility index (Phi) is 5.36. The molecule has 0 aliphatic heterocycles. The Labute approximate surface area is 156 Å². The third kappa shape index (κ3) is 4.06. The van der Waals surface area contributed by atoms with Crippen LogP contribution in [0, 0.1) is 0 Å². The smallest absolute Gasteiger partial charge is 0.175 e. The van der Waals surface area contributed by atoms with Crippen LogP contribution < -0.4 is 10.6 Å². The molecule has 0 amide bonds. The summed E-state index contributed by atoms with van der Waals surface area (Å²) in [5, 5.41) is 7.90. The van der Waals surface area contributed by atoms with Crippen LogP contribution in [0.2, 0.25) is 10.0 Å². The SMILES string of the molecule is S=C(Nc1cc(Cl)ccc1Cl)Nc1ccccc1-c1ccccc1. The Hall–Kier alpha value is -2.07. The Morgan fingerprint density at radius 3 is 2.21 bits per heavy atom. The molecule has 2 N–H and O–H groups in total. The minimum atomic E-state index is 0.447. The molecule has 0 aliphatic carbocycles. The first kappa shape index (κ1) is 16.8. The number of para-hydroxylation sites is 1. The lowest BCUT2D eigenvalue weighted by atomic mass is 10.0. The molecule has 0 bridgehead atoms. The first-order valence-electron chi connectivity index (χ1n) is 7.31. The molecule has 3 aromatic carbocycles. The van der Waals surface area contributed by atoms with E-state index in [9.17, 15) is 0 Å². The van der Waals surface area contributed by atoms with Crippen LogP contribution in [-0.2, 0) is 0 Å². The molecule has 0 heterocycles. The fourth-order valence-electron chi connectivity index (χ4n) is 2.33. The largest absolute Gasteiger partial charge is 0.332 e. The van der Waals surface area contributed by atoms with Gasteiger partial charge in [0.05, 0.1) is 10.7 Å². The van der Waals surface area contributed by atoms with Gasteiger partial charge >= 0.3 is 0 Å². The normalized spacial score (nSPS) is 10.2. The van der Waals surface area contributed by atoms with Gasteiger partial charge in [0, 0.05) is 16.3 Å². The average Bonchev–Trinajstić information content (AvgIpc) is 2.59. The number of hydrogen-bond acceptors (Lipinski definition) is 1. The van der Waals surface area contributed by atoms with E-state index < -0.39 is 0 Å². The van der Waals surface area contributed by atoms with Gasteiger partial charge in [0.15, 0.2) is 5.11 Å². The Morgan fingerprint density at radius 2 is 1.42 bits per heavy atom. The standard InChI is InChI=1S/C19H14Cl2N2S/c20-14-10-11-16(21)18(12-14)23-19(24)22-17-9-5-4-8-15(17)13-6-2-1-3-7-13/h1-12H,(H2,22,23,24). The summed E-state index contributed by atoms with van der Waals surface area (Å²) in [6.07, 6.45) is 0. The maximum absolute atomic E-state index is 6.16. The maximum Gasteiger partial charge on any atom is 0.175 e. The van der Waals surface area contributed by atoms with Crippen LogP contribution in [-0.4, -0.2) is 5.11 Å². The van der Waals surface area contributed by atoms with Crippen LogP contribution in [0.15, 0.2) is 72.8 Å². The molecule has 0 aliphatic rings. The molecular weight excluding hydrogens is 359 g/mol. The second-order valence-electron chi connectivity index (χ2n) is 5.11. The number of hydrogen-bond donors (Lipinski definition) is 2. The molecular formula is C19H14Cl2N2S. The maximum atomic E-state index is 6.16. The van der Waals surface area contributed by atoms with Gasteiger partial charge in [-0.2, -0.15) is 0 Å². The van der Waals surface area contributed by atoms with E-state index in [1.54, 1.807) is 18.2 Å². The van der Waals surface area contributed by atoms with E-state index in [0.717, 1.165) is 16.8 Å². The van der Waals surface area contributed by atoms with Crippen molar-refractivity contribution in [3.8, 4) is 11.1 Å². The zero-order chi connectivity index (χ0) is 16.9. The minimum absolute atomic E-state index is 0.447. The number of anilines is 2. The predicted molar refractivity (Wildman–Crippen MR) is 108 cm³/mol. The number of thiocarbonyl (C=S) groups is 1. The zero-order valence-electron chi connectivity index (χ0n) is 12.6. The fraction of sp³-hybridized carbons (Fsp3) is 0. The molecule has 5 heteroatoms. The molecule has 0 unspecified atom stereocenters. The van der Waals surface area contributed by atoms with Crippen molar-refractivity contribution in [2.45, 2.75) is 0 Å². The summed E-state index contributed by atoms with van der Waals surface area (Å²) >= 11 is 17.6. The van der Waals surface area contributed by atoms with Gasteiger partial charge in [-0.1, -0.05) is 71.7 Å². The third-order valence-electron chi connectivity index (χ3n) is 3.44. The second kappa shape index (κ2) is 7.67. The molecule has 2 nitrogen and oxygen atoms in total. The van der Waals surface area contributed by atoms with Gasteiger partial charge < -0.3 is 10.6 Å². The van der Waals surface area contributed by atoms with Crippen molar-refractivity contribution < 1.29 is 0 Å². The van der Waals surface area contributed by atoms with Gasteiger partial charge in [-0.05, 0) is 42.0 Å². The quantitative estimate of drug-likeness (QED) is 0.515. The highest BCUT2D eigenvalue weighted by atomic mass is 35.5. The van der Waals surface area contributed by atoms with Crippen molar-refractivity contribution >= 4 is 51.9 Å². The summed E-state index contributed by atoms with van der Waals surface area (Å²) in [5.74, 6) is 0. The van der Waals surface area contributed by atoms with Crippen LogP contribution >= 0.6 is 35.4 Å². The van der Waals surface area contributed by atoms with Crippen LogP contribution in [0.25, 0.3) is 11.1 Å². The number of rotatable bonds is 3. The monoisotopic (exact) mass is 372 g/mol. The molecule has 0 atom stereocenters. The van der Waals surface area contributed by atoms with Gasteiger partial charge in [0.1, 0.15) is 0 Å². The van der Waals surface area contributed by atoms with Crippen LogP contribution in [0.1, 0.15) is 0 Å². The van der Waals surface area contributed by atoms with E-state index in [-0.39, 0.29) is 0 Å². The molecule has 120 valence electrons. The first-order chi connectivity index (χ1) is 11.6. The van der Waals surface area contributed by atoms with Gasteiger partial charge in [-0.25, -0.2) is 0 Å². The van der Waals surface area contributed by atoms with E-state index in [1.807, 2.05) is 42.5 Å². The average molecular weight is 373 g/mol. The Balaban J connectivity index is 1.82. The highest BCUT2D eigenvalue weighted by molar-refractivity contribution is 7.80. The van der Waals surface area contributed by atoms with Gasteiger partial charge in [-0.15, -0.1) is 0 Å². The lowest BCUT2D eigenvalue weighted by Gasteiger charge is -2.15. The summed E-state index contributed by atoms with van der Waals surface area (Å²) in [6, 6.07) is 23.3. The van der Waals surface area contributed by atoms with Crippen molar-refractivity contribution in [1.82, 2.24) is 0 Å². The van der Waals surface area contributed by atoms with Gasteiger partial charge in [0.25, 0.3) is 0 Å². The Bertz CT molecular complexity index is 866. The molecule has 0 spiro atoms. The first-order valence-corrected chi connectivity index (χ1v) is 8.47. The van der Waals surface area contributed by atoms with Crippen LogP contribution in [0.5, 0.6) is 0 Å². The van der Waals surface area contributed by atoms with Crippen molar-refractivity contribution in [3.05, 3.63) is 82.8 Å². The van der Waals surface area contributed by atoms with E-state index >= 15 is 0 Å². The molecule has 0 radical (unpaired) electrons. The summed E-state index contributed by atoms with van der Waals surface area (Å²) < 4.78 is 0. The second-order valence-corrected chi connectivity index (χ2v) is 6.37. The van der Waals surface area contributed by atoms with E-state index in [4.69, 9.17) is 35.4 Å². The molecule has 24 heavy (non-hydrogen) atoms. The molecule has 0 saturated carbocycles. The lowest BCUT2D eigenvalue weighted by Crippen LogP contribution is -2.19. The van der Waals surface area contributed by atoms with E-state index in [0.29, 0.717) is 20.8 Å². The van der Waals surface area contributed by atoms with E-state index in [2.05, 4.69) is 22.8 Å². The van der Waals surface area contributed by atoms with Crippen LogP contribution in [0.4, 0.5) is 11.4 Å². The summed E-state index contributed by atoms with van der Waals surface area (Å²) in [7, 11) is 0. The fourth-order valence-corrected chi connectivity index (χ4v) is 2.89. The minimum Gasteiger partial charge on any atom is -0.332 e. The van der Waals surface area contributed by atoms with Crippen LogP contribution in [0.3, 0.4) is 0 Å². The van der Waals surface area contributed by atoms with Gasteiger partial charge in [0.2, 0.25) is 0 Å². The summed E-state index contributed by atoms with van der Waals surface area (Å²) in [4.78, 5) is 0. The topological polar surface area (TPSA) is 24.1 Å². The highest BCUT2D eigenvalue weighted by Gasteiger charge is 2.08. The molecule has 3 rings (SSSR count). The van der Waals surface area contributed by atoms with Gasteiger partial charge in [-0.3, -0.25) is 0 Å². The highest BCUT2D eigenvalue weighted by Crippen LogP contribution is 2.29. The molecule has 3 aromatic rings. The summed E-state index contributed by atoms with van der Waals surface area (Å²) in [6.45, 7) is 0. The molecule has 0 aromatic heterocycles. The lowest BCUT2D eigenvalue weighted by molar-refractivity contribution is 1.57. The number of halogens is 2. The Morgan fingerprint density at radius 1 is 0.750 bits per heavy atom.